The topological polar surface area (TPSA) is 75.8 Å². The number of fused-ring (bicyclic) bond motifs is 1. The van der Waals surface area contributed by atoms with Gasteiger partial charge in [0, 0.05) is 20.1 Å². The molecule has 0 bridgehead atoms. The van der Waals surface area contributed by atoms with Crippen molar-refractivity contribution < 1.29 is 19.1 Å². The summed E-state index contributed by atoms with van der Waals surface area (Å²) in [6.07, 6.45) is 0.320. The molecule has 1 aliphatic heterocycles. The van der Waals surface area contributed by atoms with Crippen LogP contribution in [0.25, 0.3) is 11.1 Å². The van der Waals surface area contributed by atoms with Gasteiger partial charge in [-0.05, 0) is 12.1 Å². The summed E-state index contributed by atoms with van der Waals surface area (Å²) >= 11 is 0. The van der Waals surface area contributed by atoms with Crippen LogP contribution >= 0.6 is 0 Å². The maximum atomic E-state index is 11.3. The average Bonchev–Trinajstić information content (AvgIpc) is 3.02. The lowest BCUT2D eigenvalue weighted by molar-refractivity contribution is -0.138. The largest absolute Gasteiger partial charge is 0.480 e. The second-order valence-corrected chi connectivity index (χ2v) is 4.56. The van der Waals surface area contributed by atoms with Crippen LogP contribution in [-0.4, -0.2) is 41.9 Å². The molecule has 1 N–H and O–H groups in total. The highest BCUT2D eigenvalue weighted by atomic mass is 16.5. The summed E-state index contributed by atoms with van der Waals surface area (Å²) in [5.74, 6) is -0.887. The molecule has 0 aliphatic carbocycles. The molecular formula is C13H14N2O4. The third kappa shape index (κ3) is 2.04. The van der Waals surface area contributed by atoms with Gasteiger partial charge < -0.3 is 19.2 Å². The monoisotopic (exact) mass is 262 g/mol. The summed E-state index contributed by atoms with van der Waals surface area (Å²) in [5.41, 5.74) is 1.38. The van der Waals surface area contributed by atoms with E-state index >= 15 is 0 Å². The summed E-state index contributed by atoms with van der Waals surface area (Å²) in [5, 5.41) is 9.27. The molecule has 2 aromatic rings. The van der Waals surface area contributed by atoms with Gasteiger partial charge in [0.2, 0.25) is 0 Å². The molecule has 1 aromatic carbocycles. The lowest BCUT2D eigenvalue weighted by Crippen LogP contribution is -2.36. The van der Waals surface area contributed by atoms with Gasteiger partial charge in [-0.15, -0.1) is 0 Å². The van der Waals surface area contributed by atoms with E-state index < -0.39 is 12.0 Å². The van der Waals surface area contributed by atoms with Crippen LogP contribution in [0.5, 0.6) is 0 Å². The molecule has 19 heavy (non-hydrogen) atoms. The molecule has 1 saturated heterocycles. The van der Waals surface area contributed by atoms with Crippen LogP contribution < -0.4 is 4.90 Å². The molecule has 2 atom stereocenters. The van der Waals surface area contributed by atoms with Crippen molar-refractivity contribution >= 4 is 23.1 Å². The standard InChI is InChI=1S/C13H14N2O4/c1-18-8-6-10(12(16)17)15(7-8)13-14-9-4-2-3-5-11(9)19-13/h2-5,8,10H,6-7H2,1H3,(H,16,17). The van der Waals surface area contributed by atoms with Gasteiger partial charge >= 0.3 is 5.97 Å². The van der Waals surface area contributed by atoms with Gasteiger partial charge in [-0.3, -0.25) is 0 Å². The van der Waals surface area contributed by atoms with Crippen molar-refractivity contribution in [3.05, 3.63) is 24.3 Å². The Morgan fingerprint density at radius 3 is 3.00 bits per heavy atom. The zero-order valence-corrected chi connectivity index (χ0v) is 10.4. The fourth-order valence-corrected chi connectivity index (χ4v) is 2.40. The number of methoxy groups -OCH3 is 1. The number of aliphatic carboxylic acids is 1. The highest BCUT2D eigenvalue weighted by Crippen LogP contribution is 2.29. The van der Waals surface area contributed by atoms with Gasteiger partial charge in [-0.2, -0.15) is 4.98 Å². The van der Waals surface area contributed by atoms with E-state index in [1.165, 1.54) is 0 Å². The number of rotatable bonds is 3. The van der Waals surface area contributed by atoms with Crippen molar-refractivity contribution in [2.24, 2.45) is 0 Å². The fraction of sp³-hybridized carbons (Fsp3) is 0.385. The molecule has 2 unspecified atom stereocenters. The number of benzene rings is 1. The average molecular weight is 262 g/mol. The molecule has 6 heteroatoms. The number of hydrogen-bond acceptors (Lipinski definition) is 5. The Morgan fingerprint density at radius 2 is 2.32 bits per heavy atom. The van der Waals surface area contributed by atoms with Crippen LogP contribution in [0.4, 0.5) is 6.01 Å². The normalized spacial score (nSPS) is 23.1. The third-order valence-electron chi connectivity index (χ3n) is 3.41. The number of aromatic nitrogens is 1. The van der Waals surface area contributed by atoms with Crippen LogP contribution in [-0.2, 0) is 9.53 Å². The Balaban J connectivity index is 1.97. The number of oxazole rings is 1. The van der Waals surface area contributed by atoms with Crippen LogP contribution in [0.1, 0.15) is 6.42 Å². The molecule has 0 saturated carbocycles. The summed E-state index contributed by atoms with van der Waals surface area (Å²) in [6.45, 7) is 0.473. The first kappa shape index (κ1) is 12.0. The molecule has 1 aromatic heterocycles. The molecule has 0 spiro atoms. The van der Waals surface area contributed by atoms with Crippen molar-refractivity contribution in [3.63, 3.8) is 0 Å². The number of anilines is 1. The van der Waals surface area contributed by atoms with E-state index in [2.05, 4.69) is 4.98 Å². The predicted octanol–water partition coefficient (Wildman–Crippen LogP) is 1.51. The number of carboxylic acid groups (broad SMARTS) is 1. The van der Waals surface area contributed by atoms with Crippen molar-refractivity contribution in [3.8, 4) is 0 Å². The summed E-state index contributed by atoms with van der Waals surface area (Å²) < 4.78 is 10.9. The Bertz CT molecular complexity index is 576. The Labute approximate surface area is 109 Å². The minimum atomic E-state index is -0.887. The zero-order chi connectivity index (χ0) is 13.4. The maximum absolute atomic E-state index is 11.3. The summed E-state index contributed by atoms with van der Waals surface area (Å²) in [7, 11) is 1.58. The molecule has 0 radical (unpaired) electrons. The van der Waals surface area contributed by atoms with E-state index in [1.54, 1.807) is 12.0 Å². The van der Waals surface area contributed by atoms with Crippen LogP contribution in [0, 0.1) is 0 Å². The highest BCUT2D eigenvalue weighted by Gasteiger charge is 2.39. The van der Waals surface area contributed by atoms with Gasteiger partial charge in [-0.1, -0.05) is 12.1 Å². The quantitative estimate of drug-likeness (QED) is 0.903. The van der Waals surface area contributed by atoms with Crippen LogP contribution in [0.15, 0.2) is 28.7 Å². The van der Waals surface area contributed by atoms with Gasteiger partial charge in [-0.25, -0.2) is 4.79 Å². The van der Waals surface area contributed by atoms with Crippen molar-refractivity contribution in [2.75, 3.05) is 18.6 Å². The van der Waals surface area contributed by atoms with E-state index in [9.17, 15) is 9.90 Å². The van der Waals surface area contributed by atoms with E-state index in [0.717, 1.165) is 5.52 Å². The van der Waals surface area contributed by atoms with E-state index in [4.69, 9.17) is 9.15 Å². The highest BCUT2D eigenvalue weighted by molar-refractivity contribution is 5.80. The first-order chi connectivity index (χ1) is 9.19. The molecule has 6 nitrogen and oxygen atoms in total. The van der Waals surface area contributed by atoms with E-state index in [0.29, 0.717) is 24.6 Å². The molecule has 1 fully saturated rings. The van der Waals surface area contributed by atoms with Crippen LogP contribution in [0.2, 0.25) is 0 Å². The van der Waals surface area contributed by atoms with Gasteiger partial charge in [0.25, 0.3) is 6.01 Å². The number of ether oxygens (including phenoxy) is 1. The second kappa shape index (κ2) is 4.55. The molecule has 2 heterocycles. The number of carboxylic acids is 1. The third-order valence-corrected chi connectivity index (χ3v) is 3.41. The fourth-order valence-electron chi connectivity index (χ4n) is 2.40. The van der Waals surface area contributed by atoms with Gasteiger partial charge in [0.1, 0.15) is 11.6 Å². The minimum Gasteiger partial charge on any atom is -0.480 e. The molecule has 1 aliphatic rings. The number of nitrogens with zero attached hydrogens (tertiary/aromatic N) is 2. The lowest BCUT2D eigenvalue weighted by Gasteiger charge is -2.18. The second-order valence-electron chi connectivity index (χ2n) is 4.56. The van der Waals surface area contributed by atoms with Crippen molar-refractivity contribution in [2.45, 2.75) is 18.6 Å². The molecular weight excluding hydrogens is 248 g/mol. The first-order valence-electron chi connectivity index (χ1n) is 6.07. The molecule has 3 rings (SSSR count). The summed E-state index contributed by atoms with van der Waals surface area (Å²) in [6, 6.07) is 7.05. The van der Waals surface area contributed by atoms with Gasteiger partial charge in [0.05, 0.1) is 6.10 Å². The number of hydrogen-bond donors (Lipinski definition) is 1. The van der Waals surface area contributed by atoms with Crippen molar-refractivity contribution in [1.29, 1.82) is 0 Å². The number of carbonyl (C=O) groups is 1. The number of para-hydroxylation sites is 2. The zero-order valence-electron chi connectivity index (χ0n) is 10.4. The maximum Gasteiger partial charge on any atom is 0.326 e. The lowest BCUT2D eigenvalue weighted by atomic mass is 10.2. The smallest absolute Gasteiger partial charge is 0.326 e. The SMILES string of the molecule is COC1CC(C(=O)O)N(c2nc3ccccc3o2)C1. The predicted molar refractivity (Wildman–Crippen MR) is 68.2 cm³/mol. The van der Waals surface area contributed by atoms with E-state index in [1.807, 2.05) is 24.3 Å². The van der Waals surface area contributed by atoms with Gasteiger partial charge in [0.15, 0.2) is 5.58 Å². The first-order valence-corrected chi connectivity index (χ1v) is 6.07. The summed E-state index contributed by atoms with van der Waals surface area (Å²) in [4.78, 5) is 17.3. The molecule has 100 valence electrons. The van der Waals surface area contributed by atoms with Crippen molar-refractivity contribution in [1.82, 2.24) is 4.98 Å². The minimum absolute atomic E-state index is 0.115. The van der Waals surface area contributed by atoms with E-state index in [-0.39, 0.29) is 6.10 Å². The molecule has 0 amide bonds. The Morgan fingerprint density at radius 1 is 1.53 bits per heavy atom. The Kier molecular flexibility index (Phi) is 2.87. The van der Waals surface area contributed by atoms with Crippen LogP contribution in [0.3, 0.4) is 0 Å². The Hall–Kier alpha value is -2.08.